The van der Waals surface area contributed by atoms with Gasteiger partial charge in [-0.1, -0.05) is 29.8 Å². The summed E-state index contributed by atoms with van der Waals surface area (Å²) in [7, 11) is 1.33. The van der Waals surface area contributed by atoms with Gasteiger partial charge in [0.15, 0.2) is 0 Å². The quantitative estimate of drug-likeness (QED) is 0.0686. The normalized spacial score (nSPS) is 16.0. The third kappa shape index (κ3) is 8.15. The molecule has 42 heavy (non-hydrogen) atoms. The van der Waals surface area contributed by atoms with E-state index < -0.39 is 12.1 Å². The number of fused-ring (bicyclic) bond motifs is 4. The summed E-state index contributed by atoms with van der Waals surface area (Å²) >= 11 is 6.19. The molecule has 0 spiro atoms. The third-order valence-corrected chi connectivity index (χ3v) is 6.84. The first-order valence-corrected chi connectivity index (χ1v) is 13.8. The van der Waals surface area contributed by atoms with Crippen LogP contribution in [0.1, 0.15) is 48.7 Å². The highest BCUT2D eigenvalue weighted by molar-refractivity contribution is 6.30. The number of methoxy groups -OCH3 is 1. The molecule has 0 aliphatic carbocycles. The average molecular weight is 589 g/mol. The van der Waals surface area contributed by atoms with Crippen LogP contribution in [0.3, 0.4) is 0 Å². The Kier molecular flexibility index (Phi) is 10.6. The number of aromatic amines is 1. The van der Waals surface area contributed by atoms with Gasteiger partial charge in [-0.05, 0) is 74.1 Å². The maximum Gasteiger partial charge on any atom is 0.411 e. The maximum atomic E-state index is 13.1. The van der Waals surface area contributed by atoms with Crippen LogP contribution in [0.25, 0.3) is 17.3 Å². The van der Waals surface area contributed by atoms with E-state index in [1.54, 1.807) is 24.3 Å². The van der Waals surface area contributed by atoms with Crippen LogP contribution in [-0.4, -0.2) is 42.1 Å². The predicted molar refractivity (Wildman–Crippen MR) is 167 cm³/mol. The fourth-order valence-electron chi connectivity index (χ4n) is 4.55. The molecule has 1 aliphatic heterocycles. The number of benzene rings is 2. The van der Waals surface area contributed by atoms with Gasteiger partial charge in [0.25, 0.3) is 0 Å². The fraction of sp³-hybridized carbons (Fsp3) is 0.233. The van der Waals surface area contributed by atoms with Gasteiger partial charge in [-0.15, -0.1) is 5.10 Å². The number of nitrogens with zero attached hydrogens (tertiary/aromatic N) is 4. The minimum Gasteiger partial charge on any atom is -0.453 e. The Morgan fingerprint density at radius 3 is 2.90 bits per heavy atom. The summed E-state index contributed by atoms with van der Waals surface area (Å²) in [5.74, 6) is 6.36. The van der Waals surface area contributed by atoms with Crippen molar-refractivity contribution in [2.75, 3.05) is 17.4 Å². The van der Waals surface area contributed by atoms with Crippen molar-refractivity contribution < 1.29 is 14.3 Å². The summed E-state index contributed by atoms with van der Waals surface area (Å²) in [5.41, 5.74) is 4.62. The van der Waals surface area contributed by atoms with E-state index in [2.05, 4.69) is 44.7 Å². The molecule has 0 saturated carbocycles. The lowest BCUT2D eigenvalue weighted by Crippen LogP contribution is -2.29. The number of aryl methyl sites for hydroxylation is 1. The molecule has 0 unspecified atom stereocenters. The standard InChI is InChI=1S/C30H33ClN8O3/c1-33-35-19-39(32)27-14-11-22(31)16-21(27)10-15-28(40)37-25-9-7-5-3-4-6-8-20-17-23(36-30(41)42-2)12-13-24(20)26-18-34-29(25)38-26/h5,7,10-19,25H,1,3-4,6,8-9,32H2,2H3,(H,34,38)(H,36,41)(H,37,40)/b7-5+,15-10+,35-19-/t25-/m0/s1. The molecule has 2 bridgehead atoms. The van der Waals surface area contributed by atoms with Crippen LogP contribution in [0.15, 0.2) is 71.0 Å². The number of H-pyrrole nitrogens is 1. The van der Waals surface area contributed by atoms with Crippen LogP contribution in [0.4, 0.5) is 16.2 Å². The van der Waals surface area contributed by atoms with Crippen molar-refractivity contribution in [1.29, 1.82) is 0 Å². The second-order valence-electron chi connectivity index (χ2n) is 9.49. The zero-order chi connectivity index (χ0) is 29.9. The van der Waals surface area contributed by atoms with Crippen LogP contribution >= 0.6 is 11.6 Å². The van der Waals surface area contributed by atoms with Crippen molar-refractivity contribution in [2.45, 2.75) is 38.1 Å². The number of allylic oxidation sites excluding steroid dienone is 1. The molecule has 0 fully saturated rings. The molecule has 12 heteroatoms. The van der Waals surface area contributed by atoms with E-state index in [4.69, 9.17) is 27.2 Å². The largest absolute Gasteiger partial charge is 0.453 e. The molecular formula is C30H33ClN8O3. The predicted octanol–water partition coefficient (Wildman–Crippen LogP) is 5.78. The van der Waals surface area contributed by atoms with E-state index in [1.165, 1.54) is 24.5 Å². The molecule has 2 aromatic carbocycles. The molecular weight excluding hydrogens is 556 g/mol. The Morgan fingerprint density at radius 1 is 1.24 bits per heavy atom. The lowest BCUT2D eigenvalue weighted by molar-refractivity contribution is -0.117. The van der Waals surface area contributed by atoms with Gasteiger partial charge in [0, 0.05) is 40.8 Å². The molecule has 2 heterocycles. The highest BCUT2D eigenvalue weighted by Gasteiger charge is 2.19. The van der Waals surface area contributed by atoms with Crippen molar-refractivity contribution in [2.24, 2.45) is 16.0 Å². The molecule has 218 valence electrons. The smallest absolute Gasteiger partial charge is 0.411 e. The van der Waals surface area contributed by atoms with Gasteiger partial charge in [0.2, 0.25) is 5.91 Å². The molecule has 1 atom stereocenters. The van der Waals surface area contributed by atoms with E-state index in [0.29, 0.717) is 34.2 Å². The van der Waals surface area contributed by atoms with Gasteiger partial charge in [0.1, 0.15) is 12.2 Å². The fourth-order valence-corrected chi connectivity index (χ4v) is 4.73. The molecule has 11 nitrogen and oxygen atoms in total. The first kappa shape index (κ1) is 30.2. The number of hydrazine groups is 1. The summed E-state index contributed by atoms with van der Waals surface area (Å²) in [6.45, 7) is 3.30. The van der Waals surface area contributed by atoms with Crippen molar-refractivity contribution >= 4 is 54.1 Å². The molecule has 3 aromatic rings. The monoisotopic (exact) mass is 588 g/mol. The highest BCUT2D eigenvalue weighted by atomic mass is 35.5. The first-order chi connectivity index (χ1) is 20.4. The van der Waals surface area contributed by atoms with E-state index >= 15 is 0 Å². The first-order valence-electron chi connectivity index (χ1n) is 13.4. The van der Waals surface area contributed by atoms with Gasteiger partial charge in [-0.2, -0.15) is 5.10 Å². The number of hydrogen-bond acceptors (Lipinski definition) is 7. The van der Waals surface area contributed by atoms with E-state index in [9.17, 15) is 9.59 Å². The highest BCUT2D eigenvalue weighted by Crippen LogP contribution is 2.29. The molecule has 5 N–H and O–H groups in total. The summed E-state index contributed by atoms with van der Waals surface area (Å²) < 4.78 is 4.73. The third-order valence-electron chi connectivity index (χ3n) is 6.60. The number of nitrogens with two attached hydrogens (primary N) is 1. The average Bonchev–Trinajstić information content (AvgIpc) is 3.47. The van der Waals surface area contributed by atoms with Crippen molar-refractivity contribution in [3.05, 3.63) is 82.8 Å². The van der Waals surface area contributed by atoms with Crippen LogP contribution in [-0.2, 0) is 16.0 Å². The number of anilines is 2. The van der Waals surface area contributed by atoms with Gasteiger partial charge >= 0.3 is 6.09 Å². The SMILES string of the molecule is C=N/N=C\N(N)c1ccc(Cl)cc1/C=C/C(=O)N[C@H]1C/C=C/CCCCc2cc(NC(=O)OC)ccc2-c2c[nH]c1n2. The Morgan fingerprint density at radius 2 is 2.10 bits per heavy atom. The minimum absolute atomic E-state index is 0.314. The molecule has 1 aromatic heterocycles. The number of carbonyl (C=O) groups is 2. The number of halogens is 1. The summed E-state index contributed by atoms with van der Waals surface area (Å²) in [4.78, 5) is 32.9. The summed E-state index contributed by atoms with van der Waals surface area (Å²) in [6.07, 6.45) is 14.1. The van der Waals surface area contributed by atoms with Gasteiger partial charge in [-0.3, -0.25) is 15.1 Å². The summed E-state index contributed by atoms with van der Waals surface area (Å²) in [6, 6.07) is 10.4. The Labute approximate surface area is 249 Å². The number of amides is 2. The number of nitrogens with one attached hydrogen (secondary N) is 3. The van der Waals surface area contributed by atoms with Crippen molar-refractivity contribution in [3.63, 3.8) is 0 Å². The Bertz CT molecular complexity index is 1510. The van der Waals surface area contributed by atoms with E-state index in [1.807, 2.05) is 24.4 Å². The Balaban J connectivity index is 1.57. The molecule has 0 saturated heterocycles. The lowest BCUT2D eigenvalue weighted by atomic mass is 9.98. The van der Waals surface area contributed by atoms with E-state index in [-0.39, 0.29) is 5.91 Å². The van der Waals surface area contributed by atoms with Crippen LogP contribution in [0.5, 0.6) is 0 Å². The minimum atomic E-state index is -0.523. The van der Waals surface area contributed by atoms with Gasteiger partial charge in [0.05, 0.1) is 24.5 Å². The number of carbonyl (C=O) groups excluding carboxylic acids is 2. The zero-order valence-corrected chi connectivity index (χ0v) is 24.0. The molecule has 0 radical (unpaired) electrons. The molecule has 2 amide bonds. The number of aromatic nitrogens is 2. The Hall–Kier alpha value is -4.74. The van der Waals surface area contributed by atoms with Crippen LogP contribution in [0.2, 0.25) is 5.02 Å². The molecule has 4 rings (SSSR count). The summed E-state index contributed by atoms with van der Waals surface area (Å²) in [5, 5.41) is 14.6. The van der Waals surface area contributed by atoms with Crippen LogP contribution < -0.4 is 21.5 Å². The van der Waals surface area contributed by atoms with E-state index in [0.717, 1.165) is 42.5 Å². The van der Waals surface area contributed by atoms with Gasteiger partial charge in [-0.25, -0.2) is 15.6 Å². The molecule has 1 aliphatic rings. The lowest BCUT2D eigenvalue weighted by Gasteiger charge is -2.16. The number of rotatable bonds is 7. The van der Waals surface area contributed by atoms with Crippen molar-refractivity contribution in [1.82, 2.24) is 15.3 Å². The number of ether oxygens (including phenoxy) is 1. The maximum absolute atomic E-state index is 13.1. The van der Waals surface area contributed by atoms with Crippen LogP contribution in [0, 0.1) is 0 Å². The number of hydrogen-bond donors (Lipinski definition) is 4. The van der Waals surface area contributed by atoms with Gasteiger partial charge < -0.3 is 15.0 Å². The van der Waals surface area contributed by atoms with Crippen molar-refractivity contribution in [3.8, 4) is 11.3 Å². The second-order valence-corrected chi connectivity index (χ2v) is 9.93. The second kappa shape index (κ2) is 14.8. The zero-order valence-electron chi connectivity index (χ0n) is 23.2. The number of imidazole rings is 1. The topological polar surface area (TPSA) is 150 Å².